The number of pyridine rings is 1. The molecule has 1 heterocycles. The Bertz CT molecular complexity index is 273. The third-order valence-electron chi connectivity index (χ3n) is 1.28. The minimum absolute atomic E-state index is 0.578. The van der Waals surface area contributed by atoms with Crippen LogP contribution < -0.4 is 0 Å². The van der Waals surface area contributed by atoms with Crippen LogP contribution in [0.4, 0.5) is 0 Å². The summed E-state index contributed by atoms with van der Waals surface area (Å²) in [6.45, 7) is 0. The van der Waals surface area contributed by atoms with Crippen molar-refractivity contribution in [1.82, 2.24) is 4.98 Å². The van der Waals surface area contributed by atoms with Crippen LogP contribution in [0, 0.1) is 0 Å². The van der Waals surface area contributed by atoms with E-state index in [4.69, 9.17) is 11.6 Å². The number of thioether (sulfide) groups is 1. The number of nitrogens with zero attached hydrogens (tertiary/aromatic N) is 1. The normalized spacial score (nSPS) is 10.9. The molecular weight excluding hydrogens is 270 g/mol. The zero-order valence-corrected chi connectivity index (χ0v) is 10.1. The van der Waals surface area contributed by atoms with Gasteiger partial charge in [-0.25, -0.2) is 4.98 Å². The molecule has 0 radical (unpaired) electrons. The monoisotopic (exact) mass is 277 g/mol. The molecule has 1 rings (SSSR count). The molecule has 0 unspecified atom stereocenters. The van der Waals surface area contributed by atoms with Crippen LogP contribution in [0.3, 0.4) is 0 Å². The van der Waals surface area contributed by atoms with Gasteiger partial charge >= 0.3 is 0 Å². The van der Waals surface area contributed by atoms with Crippen LogP contribution in [0.5, 0.6) is 0 Å². The van der Waals surface area contributed by atoms with E-state index in [0.29, 0.717) is 5.88 Å². The van der Waals surface area contributed by atoms with Gasteiger partial charge in [0.15, 0.2) is 0 Å². The van der Waals surface area contributed by atoms with Crippen molar-refractivity contribution >= 4 is 39.3 Å². The summed E-state index contributed by atoms with van der Waals surface area (Å²) in [5.74, 6) is 1.50. The van der Waals surface area contributed by atoms with Gasteiger partial charge in [0.25, 0.3) is 0 Å². The molecule has 0 fully saturated rings. The van der Waals surface area contributed by atoms with E-state index in [9.17, 15) is 0 Å². The quantitative estimate of drug-likeness (QED) is 0.473. The predicted octanol–water partition coefficient (Wildman–Crippen LogP) is 3.73. The summed E-state index contributed by atoms with van der Waals surface area (Å²) in [6.07, 6.45) is 5.78. The zero-order chi connectivity index (χ0) is 9.52. The van der Waals surface area contributed by atoms with Crippen molar-refractivity contribution < 1.29 is 0 Å². The maximum absolute atomic E-state index is 5.49. The predicted molar refractivity (Wildman–Crippen MR) is 62.5 cm³/mol. The number of aromatic nitrogens is 1. The minimum atomic E-state index is 0.578. The van der Waals surface area contributed by atoms with Crippen LogP contribution in [0.15, 0.2) is 40.0 Å². The van der Waals surface area contributed by atoms with Gasteiger partial charge in [0.2, 0.25) is 0 Å². The first-order valence-electron chi connectivity index (χ1n) is 3.78. The fraction of sp³-hybridized carbons (Fsp3) is 0.222. The molecule has 4 heteroatoms. The van der Waals surface area contributed by atoms with E-state index in [1.165, 1.54) is 0 Å². The molecule has 0 spiro atoms. The van der Waals surface area contributed by atoms with E-state index in [1.807, 2.05) is 24.3 Å². The van der Waals surface area contributed by atoms with Gasteiger partial charge in [0.05, 0.1) is 5.03 Å². The van der Waals surface area contributed by atoms with Crippen LogP contribution in [0.2, 0.25) is 0 Å². The largest absolute Gasteiger partial charge is 0.249 e. The second-order valence-corrected chi connectivity index (χ2v) is 4.52. The van der Waals surface area contributed by atoms with E-state index in [2.05, 4.69) is 20.9 Å². The van der Waals surface area contributed by atoms with Crippen molar-refractivity contribution in [2.45, 2.75) is 5.03 Å². The van der Waals surface area contributed by atoms with Crippen molar-refractivity contribution in [1.29, 1.82) is 0 Å². The molecule has 13 heavy (non-hydrogen) atoms. The van der Waals surface area contributed by atoms with Gasteiger partial charge in [-0.3, -0.25) is 0 Å². The highest BCUT2D eigenvalue weighted by atomic mass is 79.9. The first kappa shape index (κ1) is 11.1. The summed E-state index contributed by atoms with van der Waals surface area (Å²) in [5, 5.41) is 1.03. The van der Waals surface area contributed by atoms with Crippen molar-refractivity contribution in [2.75, 3.05) is 11.6 Å². The molecule has 0 aliphatic heterocycles. The number of hydrogen-bond donors (Lipinski definition) is 0. The molecule has 1 aromatic rings. The molecule has 0 saturated heterocycles. The lowest BCUT2D eigenvalue weighted by atomic mass is 10.5. The van der Waals surface area contributed by atoms with Gasteiger partial charge in [-0.15, -0.1) is 23.4 Å². The molecule has 0 N–H and O–H groups in total. The summed E-state index contributed by atoms with van der Waals surface area (Å²) in [5.41, 5.74) is 0. The fourth-order valence-corrected chi connectivity index (χ4v) is 1.77. The number of allylic oxidation sites excluding steroid dienone is 1. The number of rotatable bonds is 4. The highest BCUT2D eigenvalue weighted by Crippen LogP contribution is 2.17. The number of hydrogen-bond acceptors (Lipinski definition) is 2. The molecule has 0 bridgehead atoms. The SMILES string of the molecule is ClCC=CCSc1ccc(Br)cn1. The second kappa shape index (κ2) is 6.46. The van der Waals surface area contributed by atoms with Crippen LogP contribution in [0.1, 0.15) is 0 Å². The standard InChI is InChI=1S/C9H9BrClNS/c10-8-3-4-9(12-7-8)13-6-2-1-5-11/h1-4,7H,5-6H2. The number of halogens is 2. The van der Waals surface area contributed by atoms with E-state index < -0.39 is 0 Å². The summed E-state index contributed by atoms with van der Waals surface area (Å²) < 4.78 is 1.01. The van der Waals surface area contributed by atoms with Gasteiger partial charge in [-0.1, -0.05) is 12.2 Å². The first-order chi connectivity index (χ1) is 6.33. The molecular formula is C9H9BrClNS. The van der Waals surface area contributed by atoms with E-state index >= 15 is 0 Å². The molecule has 0 aromatic carbocycles. The molecule has 0 saturated carbocycles. The minimum Gasteiger partial charge on any atom is -0.249 e. The van der Waals surface area contributed by atoms with Crippen LogP contribution >= 0.6 is 39.3 Å². The molecule has 0 atom stereocenters. The lowest BCUT2D eigenvalue weighted by Gasteiger charge is -1.96. The Morgan fingerprint density at radius 3 is 2.92 bits per heavy atom. The van der Waals surface area contributed by atoms with Gasteiger partial charge in [-0.2, -0.15) is 0 Å². The van der Waals surface area contributed by atoms with Crippen molar-refractivity contribution in [3.63, 3.8) is 0 Å². The summed E-state index contributed by atoms with van der Waals surface area (Å²) in [7, 11) is 0. The highest BCUT2D eigenvalue weighted by Gasteiger charge is 1.92. The Labute approximate surface area is 95.7 Å². The summed E-state index contributed by atoms with van der Waals surface area (Å²) in [4.78, 5) is 4.23. The van der Waals surface area contributed by atoms with Crippen molar-refractivity contribution in [2.24, 2.45) is 0 Å². The maximum Gasteiger partial charge on any atom is 0.0963 e. The zero-order valence-electron chi connectivity index (χ0n) is 6.91. The average molecular weight is 279 g/mol. The van der Waals surface area contributed by atoms with Crippen LogP contribution in [-0.4, -0.2) is 16.6 Å². The first-order valence-corrected chi connectivity index (χ1v) is 6.09. The molecule has 70 valence electrons. The fourth-order valence-electron chi connectivity index (χ4n) is 0.712. The Morgan fingerprint density at radius 1 is 1.46 bits per heavy atom. The Balaban J connectivity index is 2.37. The summed E-state index contributed by atoms with van der Waals surface area (Å²) >= 11 is 10.5. The molecule has 1 nitrogen and oxygen atoms in total. The lowest BCUT2D eigenvalue weighted by Crippen LogP contribution is -1.79. The van der Waals surface area contributed by atoms with Crippen LogP contribution in [-0.2, 0) is 0 Å². The molecule has 1 aromatic heterocycles. The Kier molecular flexibility index (Phi) is 5.51. The molecule has 0 aliphatic rings. The van der Waals surface area contributed by atoms with Crippen molar-refractivity contribution in [3.05, 3.63) is 35.0 Å². The maximum atomic E-state index is 5.49. The average Bonchev–Trinajstić information content (AvgIpc) is 2.15. The highest BCUT2D eigenvalue weighted by molar-refractivity contribution is 9.10. The Morgan fingerprint density at radius 2 is 2.31 bits per heavy atom. The molecule has 0 amide bonds. The van der Waals surface area contributed by atoms with Gasteiger partial charge in [0, 0.05) is 22.3 Å². The van der Waals surface area contributed by atoms with Crippen molar-refractivity contribution in [3.8, 4) is 0 Å². The van der Waals surface area contributed by atoms with E-state index in [1.54, 1.807) is 18.0 Å². The third-order valence-corrected chi connectivity index (χ3v) is 2.83. The van der Waals surface area contributed by atoms with E-state index in [0.717, 1.165) is 15.3 Å². The van der Waals surface area contributed by atoms with Gasteiger partial charge < -0.3 is 0 Å². The lowest BCUT2D eigenvalue weighted by molar-refractivity contribution is 1.13. The summed E-state index contributed by atoms with van der Waals surface area (Å²) in [6, 6.07) is 3.98. The smallest absolute Gasteiger partial charge is 0.0963 e. The van der Waals surface area contributed by atoms with E-state index in [-0.39, 0.29) is 0 Å². The topological polar surface area (TPSA) is 12.9 Å². The Hall–Kier alpha value is 0.01000. The van der Waals surface area contributed by atoms with Crippen LogP contribution in [0.25, 0.3) is 0 Å². The van der Waals surface area contributed by atoms with Gasteiger partial charge in [-0.05, 0) is 28.1 Å². The third kappa shape index (κ3) is 4.69. The van der Waals surface area contributed by atoms with Gasteiger partial charge in [0.1, 0.15) is 0 Å². The molecule has 0 aliphatic carbocycles. The number of alkyl halides is 1. The second-order valence-electron chi connectivity index (χ2n) is 2.25.